The number of carbonyl (C=O) groups is 1. The van der Waals surface area contributed by atoms with Crippen molar-refractivity contribution in [3.05, 3.63) is 35.9 Å². The number of benzene rings is 1. The maximum absolute atomic E-state index is 12.0. The highest BCUT2D eigenvalue weighted by Crippen LogP contribution is 2.17. The van der Waals surface area contributed by atoms with Gasteiger partial charge in [0.1, 0.15) is 0 Å². The fourth-order valence-electron chi connectivity index (χ4n) is 2.81. The molecule has 2 rings (SSSR count). The van der Waals surface area contributed by atoms with E-state index in [0.29, 0.717) is 12.6 Å². The summed E-state index contributed by atoms with van der Waals surface area (Å²) >= 11 is 0. The number of hydrogen-bond acceptors (Lipinski definition) is 3. The zero-order valence-electron chi connectivity index (χ0n) is 12.5. The average Bonchev–Trinajstić information content (AvgIpc) is 2.48. The van der Waals surface area contributed by atoms with Crippen molar-refractivity contribution in [1.29, 1.82) is 0 Å². The molecule has 1 heterocycles. The first-order valence-electron chi connectivity index (χ1n) is 7.37. The maximum atomic E-state index is 12.0. The number of nitrogens with one attached hydrogen (secondary N) is 1. The minimum absolute atomic E-state index is 0.180. The molecule has 1 fully saturated rings. The van der Waals surface area contributed by atoms with Crippen LogP contribution in [0.4, 0.5) is 0 Å². The number of likely N-dealkylation sites (tertiary alicyclic amines) is 1. The molecule has 0 bridgehead atoms. The lowest BCUT2D eigenvalue weighted by Gasteiger charge is -2.37. The van der Waals surface area contributed by atoms with Gasteiger partial charge in [-0.2, -0.15) is 0 Å². The third-order valence-corrected chi connectivity index (χ3v) is 4.00. The van der Waals surface area contributed by atoms with Crippen LogP contribution in [0.2, 0.25) is 0 Å². The molecular formula is C16H25N3O. The molecule has 0 spiro atoms. The normalized spacial score (nSPS) is 19.8. The van der Waals surface area contributed by atoms with Crippen molar-refractivity contribution < 1.29 is 4.79 Å². The first-order chi connectivity index (χ1) is 9.70. The van der Waals surface area contributed by atoms with Gasteiger partial charge in [0.25, 0.3) is 0 Å². The van der Waals surface area contributed by atoms with Gasteiger partial charge < -0.3 is 10.2 Å². The Kier molecular flexibility index (Phi) is 5.56. The first kappa shape index (κ1) is 15.0. The van der Waals surface area contributed by atoms with Gasteiger partial charge in [-0.05, 0) is 32.0 Å². The molecule has 1 amide bonds. The van der Waals surface area contributed by atoms with Crippen molar-refractivity contribution in [2.24, 2.45) is 0 Å². The Hall–Kier alpha value is -1.39. The van der Waals surface area contributed by atoms with Gasteiger partial charge in [0, 0.05) is 26.2 Å². The molecule has 0 saturated carbocycles. The Morgan fingerprint density at radius 3 is 2.85 bits per heavy atom. The highest BCUT2D eigenvalue weighted by atomic mass is 16.2. The highest BCUT2D eigenvalue weighted by molar-refractivity contribution is 5.78. The summed E-state index contributed by atoms with van der Waals surface area (Å²) < 4.78 is 0. The number of amides is 1. The highest BCUT2D eigenvalue weighted by Gasteiger charge is 2.25. The Labute approximate surface area is 121 Å². The van der Waals surface area contributed by atoms with Gasteiger partial charge in [-0.25, -0.2) is 0 Å². The van der Waals surface area contributed by atoms with Gasteiger partial charge in [0.2, 0.25) is 5.91 Å². The van der Waals surface area contributed by atoms with Crippen molar-refractivity contribution in [2.45, 2.75) is 25.4 Å². The van der Waals surface area contributed by atoms with Crippen molar-refractivity contribution in [1.82, 2.24) is 15.1 Å². The van der Waals surface area contributed by atoms with Crippen LogP contribution in [0.5, 0.6) is 0 Å². The Morgan fingerprint density at radius 2 is 2.15 bits per heavy atom. The van der Waals surface area contributed by atoms with Gasteiger partial charge in [0.05, 0.1) is 6.54 Å². The van der Waals surface area contributed by atoms with Crippen molar-refractivity contribution in [2.75, 3.05) is 33.7 Å². The van der Waals surface area contributed by atoms with Gasteiger partial charge in [-0.1, -0.05) is 30.3 Å². The van der Waals surface area contributed by atoms with E-state index < -0.39 is 0 Å². The molecule has 1 aliphatic rings. The van der Waals surface area contributed by atoms with E-state index in [0.717, 1.165) is 32.5 Å². The lowest BCUT2D eigenvalue weighted by molar-refractivity contribution is -0.132. The number of likely N-dealkylation sites (N-methyl/N-ethyl adjacent to an activating group) is 2. The number of carbonyl (C=O) groups excluding carboxylic acids is 1. The largest absolute Gasteiger partial charge is 0.340 e. The van der Waals surface area contributed by atoms with Crippen LogP contribution in [0.15, 0.2) is 30.3 Å². The molecular weight excluding hydrogens is 250 g/mol. The van der Waals surface area contributed by atoms with Crippen LogP contribution in [-0.4, -0.2) is 55.5 Å². The zero-order valence-corrected chi connectivity index (χ0v) is 12.5. The standard InChI is InChI=1S/C16H25N3O/c1-17-11-16(20)18(2)15-9-6-10-19(13-15)12-14-7-4-3-5-8-14/h3-5,7-8,15,17H,6,9-13H2,1-2H3. The summed E-state index contributed by atoms with van der Waals surface area (Å²) in [5, 5.41) is 2.93. The second kappa shape index (κ2) is 7.41. The Bertz CT molecular complexity index is 421. The second-order valence-corrected chi connectivity index (χ2v) is 5.55. The molecule has 0 radical (unpaired) electrons. The van der Waals surface area contributed by atoms with Crippen LogP contribution >= 0.6 is 0 Å². The van der Waals surface area contributed by atoms with Crippen LogP contribution in [-0.2, 0) is 11.3 Å². The zero-order chi connectivity index (χ0) is 14.4. The third kappa shape index (κ3) is 4.05. The fraction of sp³-hybridized carbons (Fsp3) is 0.562. The first-order valence-corrected chi connectivity index (χ1v) is 7.37. The minimum Gasteiger partial charge on any atom is -0.340 e. The van der Waals surface area contributed by atoms with E-state index in [4.69, 9.17) is 0 Å². The van der Waals surface area contributed by atoms with Crippen molar-refractivity contribution >= 4 is 5.91 Å². The van der Waals surface area contributed by atoms with E-state index in [1.165, 1.54) is 5.56 Å². The quantitative estimate of drug-likeness (QED) is 0.880. The average molecular weight is 275 g/mol. The summed E-state index contributed by atoms with van der Waals surface area (Å²) in [5.74, 6) is 0.180. The lowest BCUT2D eigenvalue weighted by Crippen LogP contribution is -2.49. The van der Waals surface area contributed by atoms with E-state index in [-0.39, 0.29) is 5.91 Å². The summed E-state index contributed by atoms with van der Waals surface area (Å²) in [7, 11) is 3.74. The monoisotopic (exact) mass is 275 g/mol. The molecule has 110 valence electrons. The minimum atomic E-state index is 0.180. The molecule has 0 aromatic heterocycles. The maximum Gasteiger partial charge on any atom is 0.236 e. The smallest absolute Gasteiger partial charge is 0.236 e. The van der Waals surface area contributed by atoms with E-state index in [1.54, 1.807) is 0 Å². The molecule has 20 heavy (non-hydrogen) atoms. The topological polar surface area (TPSA) is 35.6 Å². The van der Waals surface area contributed by atoms with Crippen LogP contribution in [0.3, 0.4) is 0 Å². The molecule has 1 aliphatic heterocycles. The number of nitrogens with zero attached hydrogens (tertiary/aromatic N) is 2. The van der Waals surface area contributed by atoms with Gasteiger partial charge >= 0.3 is 0 Å². The van der Waals surface area contributed by atoms with E-state index >= 15 is 0 Å². The Balaban J connectivity index is 1.90. The molecule has 0 aliphatic carbocycles. The third-order valence-electron chi connectivity index (χ3n) is 4.00. The molecule has 4 heteroatoms. The Morgan fingerprint density at radius 1 is 1.40 bits per heavy atom. The summed E-state index contributed by atoms with van der Waals surface area (Å²) in [6.07, 6.45) is 2.27. The summed E-state index contributed by atoms with van der Waals surface area (Å²) in [6.45, 7) is 3.50. The second-order valence-electron chi connectivity index (χ2n) is 5.55. The van der Waals surface area contributed by atoms with E-state index in [9.17, 15) is 4.79 Å². The molecule has 1 saturated heterocycles. The van der Waals surface area contributed by atoms with Crippen LogP contribution in [0.1, 0.15) is 18.4 Å². The van der Waals surface area contributed by atoms with Crippen molar-refractivity contribution in [3.8, 4) is 0 Å². The van der Waals surface area contributed by atoms with E-state index in [2.05, 4.69) is 34.5 Å². The number of hydrogen-bond donors (Lipinski definition) is 1. The summed E-state index contributed by atoms with van der Waals surface area (Å²) in [5.41, 5.74) is 1.34. The van der Waals surface area contributed by atoms with Gasteiger partial charge in [-0.15, -0.1) is 0 Å². The van der Waals surface area contributed by atoms with Gasteiger partial charge in [0.15, 0.2) is 0 Å². The predicted molar refractivity (Wildman–Crippen MR) is 81.4 cm³/mol. The van der Waals surface area contributed by atoms with Crippen LogP contribution < -0.4 is 5.32 Å². The van der Waals surface area contributed by atoms with Crippen LogP contribution in [0.25, 0.3) is 0 Å². The number of piperidine rings is 1. The van der Waals surface area contributed by atoms with Crippen LogP contribution in [0, 0.1) is 0 Å². The summed E-state index contributed by atoms with van der Waals surface area (Å²) in [4.78, 5) is 16.3. The SMILES string of the molecule is CNCC(=O)N(C)C1CCCN(Cc2ccccc2)C1. The molecule has 4 nitrogen and oxygen atoms in total. The molecule has 1 aromatic carbocycles. The predicted octanol–water partition coefficient (Wildman–Crippen LogP) is 1.33. The molecule has 1 N–H and O–H groups in total. The summed E-state index contributed by atoms with van der Waals surface area (Å²) in [6, 6.07) is 10.9. The molecule has 1 aromatic rings. The fourth-order valence-corrected chi connectivity index (χ4v) is 2.81. The lowest BCUT2D eigenvalue weighted by atomic mass is 10.0. The van der Waals surface area contributed by atoms with Gasteiger partial charge in [-0.3, -0.25) is 9.69 Å². The van der Waals surface area contributed by atoms with Crippen molar-refractivity contribution in [3.63, 3.8) is 0 Å². The van der Waals surface area contributed by atoms with E-state index in [1.807, 2.05) is 25.1 Å². The number of rotatable bonds is 5. The molecule has 1 atom stereocenters. The molecule has 1 unspecified atom stereocenters.